The third-order valence-electron chi connectivity index (χ3n) is 0.921. The lowest BCUT2D eigenvalue weighted by Gasteiger charge is -1.99. The van der Waals surface area contributed by atoms with Crippen LogP contribution in [0.2, 0.25) is 0 Å². The normalized spacial score (nSPS) is 11.1. The Kier molecular flexibility index (Phi) is 4.06. The Morgan fingerprint density at radius 1 is 1.55 bits per heavy atom. The molecule has 0 spiro atoms. The second-order valence-electron chi connectivity index (χ2n) is 1.99. The summed E-state index contributed by atoms with van der Waals surface area (Å²) >= 11 is 0. The predicted molar refractivity (Wildman–Crippen MR) is 39.5 cm³/mol. The lowest BCUT2D eigenvalue weighted by molar-refractivity contribution is -0.140. The highest BCUT2D eigenvalue weighted by Gasteiger charge is 2.03. The molecule has 0 saturated heterocycles. The van der Waals surface area contributed by atoms with Crippen LogP contribution >= 0.6 is 0 Å². The third kappa shape index (κ3) is 7.27. The van der Waals surface area contributed by atoms with Gasteiger partial charge in [-0.05, 0) is 0 Å². The maximum absolute atomic E-state index is 10.4. The SMILES string of the molecule is COC(=O)CCNS(C)(=O)=O. The summed E-state index contributed by atoms with van der Waals surface area (Å²) in [5.74, 6) is -0.429. The molecule has 0 heterocycles. The van der Waals surface area contributed by atoms with Gasteiger partial charge in [-0.25, -0.2) is 13.1 Å². The summed E-state index contributed by atoms with van der Waals surface area (Å²) in [6, 6.07) is 0. The fourth-order valence-electron chi connectivity index (χ4n) is 0.441. The van der Waals surface area contributed by atoms with Gasteiger partial charge < -0.3 is 4.74 Å². The number of carbonyl (C=O) groups excluding carboxylic acids is 1. The van der Waals surface area contributed by atoms with E-state index in [1.165, 1.54) is 7.11 Å². The number of methoxy groups -OCH3 is 1. The molecular weight excluding hydrogens is 170 g/mol. The van der Waals surface area contributed by atoms with Crippen LogP contribution in [0.4, 0.5) is 0 Å². The molecule has 0 aromatic heterocycles. The van der Waals surface area contributed by atoms with Crippen LogP contribution in [-0.2, 0) is 19.6 Å². The van der Waals surface area contributed by atoms with Crippen molar-refractivity contribution in [1.29, 1.82) is 0 Å². The standard InChI is InChI=1S/C5H11NO4S/c1-10-5(7)3-4-6-11(2,8)9/h6H,3-4H2,1-2H3. The van der Waals surface area contributed by atoms with Crippen LogP contribution in [0.25, 0.3) is 0 Å². The highest BCUT2D eigenvalue weighted by Crippen LogP contribution is 1.82. The topological polar surface area (TPSA) is 72.5 Å². The molecule has 0 unspecified atom stereocenters. The molecule has 5 nitrogen and oxygen atoms in total. The highest BCUT2D eigenvalue weighted by atomic mass is 32.2. The summed E-state index contributed by atoms with van der Waals surface area (Å²) in [5, 5.41) is 0. The van der Waals surface area contributed by atoms with Gasteiger partial charge in [0, 0.05) is 6.54 Å². The summed E-state index contributed by atoms with van der Waals surface area (Å²) in [7, 11) is -1.93. The van der Waals surface area contributed by atoms with E-state index in [4.69, 9.17) is 0 Å². The van der Waals surface area contributed by atoms with E-state index in [1.807, 2.05) is 0 Å². The van der Waals surface area contributed by atoms with Gasteiger partial charge in [-0.1, -0.05) is 0 Å². The minimum atomic E-state index is -3.19. The van der Waals surface area contributed by atoms with Crippen molar-refractivity contribution in [2.75, 3.05) is 19.9 Å². The van der Waals surface area contributed by atoms with Gasteiger partial charge >= 0.3 is 5.97 Å². The molecule has 0 aliphatic heterocycles. The van der Waals surface area contributed by atoms with Crippen molar-refractivity contribution in [1.82, 2.24) is 4.72 Å². The molecule has 0 amide bonds. The van der Waals surface area contributed by atoms with E-state index in [9.17, 15) is 13.2 Å². The zero-order chi connectivity index (χ0) is 8.91. The van der Waals surface area contributed by atoms with Crippen molar-refractivity contribution in [3.63, 3.8) is 0 Å². The monoisotopic (exact) mass is 181 g/mol. The average molecular weight is 181 g/mol. The van der Waals surface area contributed by atoms with Crippen molar-refractivity contribution in [3.05, 3.63) is 0 Å². The Bertz CT molecular complexity index is 221. The first-order valence-electron chi connectivity index (χ1n) is 2.97. The fourth-order valence-corrected chi connectivity index (χ4v) is 0.913. The van der Waals surface area contributed by atoms with Crippen molar-refractivity contribution in [2.24, 2.45) is 0 Å². The van der Waals surface area contributed by atoms with Crippen molar-refractivity contribution in [3.8, 4) is 0 Å². The zero-order valence-electron chi connectivity index (χ0n) is 6.46. The summed E-state index contributed by atoms with van der Waals surface area (Å²) < 4.78 is 27.3. The van der Waals surface area contributed by atoms with E-state index in [0.717, 1.165) is 6.26 Å². The van der Waals surface area contributed by atoms with Gasteiger partial charge in [-0.2, -0.15) is 0 Å². The summed E-state index contributed by atoms with van der Waals surface area (Å²) in [6.45, 7) is 0.0888. The van der Waals surface area contributed by atoms with Crippen LogP contribution < -0.4 is 4.72 Å². The molecule has 0 aliphatic rings. The Balaban J connectivity index is 3.51. The second kappa shape index (κ2) is 4.30. The highest BCUT2D eigenvalue weighted by molar-refractivity contribution is 7.88. The summed E-state index contributed by atoms with van der Waals surface area (Å²) in [5.41, 5.74) is 0. The number of carbonyl (C=O) groups is 1. The Labute approximate surface area is 65.8 Å². The maximum atomic E-state index is 10.4. The molecule has 1 N–H and O–H groups in total. The molecule has 0 aromatic rings. The van der Waals surface area contributed by atoms with E-state index in [-0.39, 0.29) is 13.0 Å². The molecule has 0 fully saturated rings. The lowest BCUT2D eigenvalue weighted by atomic mass is 10.4. The minimum absolute atomic E-state index is 0.0591. The second-order valence-corrected chi connectivity index (χ2v) is 3.83. The average Bonchev–Trinajstić information content (AvgIpc) is 1.85. The zero-order valence-corrected chi connectivity index (χ0v) is 7.27. The first kappa shape index (κ1) is 10.4. The van der Waals surface area contributed by atoms with Gasteiger partial charge in [-0.15, -0.1) is 0 Å². The van der Waals surface area contributed by atoms with Gasteiger partial charge in [0.15, 0.2) is 0 Å². The number of ether oxygens (including phenoxy) is 1. The van der Waals surface area contributed by atoms with Crippen LogP contribution in [0.3, 0.4) is 0 Å². The number of esters is 1. The molecule has 0 bridgehead atoms. The third-order valence-corrected chi connectivity index (χ3v) is 1.65. The van der Waals surface area contributed by atoms with Crippen molar-refractivity contribution < 1.29 is 17.9 Å². The quantitative estimate of drug-likeness (QED) is 0.570. The fraction of sp³-hybridized carbons (Fsp3) is 0.800. The molecule has 6 heteroatoms. The lowest BCUT2D eigenvalue weighted by Crippen LogP contribution is -2.24. The van der Waals surface area contributed by atoms with Gasteiger partial charge in [0.25, 0.3) is 0 Å². The van der Waals surface area contributed by atoms with E-state index in [2.05, 4.69) is 9.46 Å². The van der Waals surface area contributed by atoms with Crippen LogP contribution in [0, 0.1) is 0 Å². The molecule has 0 radical (unpaired) electrons. The van der Waals surface area contributed by atoms with Crippen LogP contribution in [0.5, 0.6) is 0 Å². The number of nitrogens with one attached hydrogen (secondary N) is 1. The number of hydrogen-bond donors (Lipinski definition) is 1. The van der Waals surface area contributed by atoms with Gasteiger partial charge in [-0.3, -0.25) is 4.79 Å². The van der Waals surface area contributed by atoms with Gasteiger partial charge in [0.1, 0.15) is 0 Å². The van der Waals surface area contributed by atoms with Crippen molar-refractivity contribution in [2.45, 2.75) is 6.42 Å². The van der Waals surface area contributed by atoms with E-state index >= 15 is 0 Å². The molecule has 0 aliphatic carbocycles. The molecule has 0 aromatic carbocycles. The van der Waals surface area contributed by atoms with Gasteiger partial charge in [0.2, 0.25) is 10.0 Å². The summed E-state index contributed by atoms with van der Waals surface area (Å²) in [6.07, 6.45) is 1.09. The molecule has 11 heavy (non-hydrogen) atoms. The number of sulfonamides is 1. The first-order chi connectivity index (χ1) is 4.95. The number of rotatable bonds is 4. The maximum Gasteiger partial charge on any atom is 0.306 e. The Hall–Kier alpha value is -0.620. The van der Waals surface area contributed by atoms with E-state index < -0.39 is 16.0 Å². The Morgan fingerprint density at radius 3 is 2.45 bits per heavy atom. The molecule has 0 rings (SSSR count). The van der Waals surface area contributed by atoms with Crippen molar-refractivity contribution >= 4 is 16.0 Å². The predicted octanol–water partition coefficient (Wildman–Crippen LogP) is -0.901. The minimum Gasteiger partial charge on any atom is -0.469 e. The molecule has 0 atom stereocenters. The van der Waals surface area contributed by atoms with Crippen LogP contribution in [0.1, 0.15) is 6.42 Å². The van der Waals surface area contributed by atoms with Crippen LogP contribution in [-0.4, -0.2) is 34.3 Å². The number of hydrogen-bond acceptors (Lipinski definition) is 4. The summed E-state index contributed by atoms with van der Waals surface area (Å²) in [4.78, 5) is 10.4. The smallest absolute Gasteiger partial charge is 0.306 e. The largest absolute Gasteiger partial charge is 0.469 e. The van der Waals surface area contributed by atoms with Crippen LogP contribution in [0.15, 0.2) is 0 Å². The van der Waals surface area contributed by atoms with Gasteiger partial charge in [0.05, 0.1) is 19.8 Å². The Morgan fingerprint density at radius 2 is 2.09 bits per heavy atom. The first-order valence-corrected chi connectivity index (χ1v) is 4.86. The molecular formula is C5H11NO4S. The van der Waals surface area contributed by atoms with E-state index in [0.29, 0.717) is 0 Å². The van der Waals surface area contributed by atoms with E-state index in [1.54, 1.807) is 0 Å². The molecule has 0 saturated carbocycles. The molecule has 66 valence electrons.